The lowest BCUT2D eigenvalue weighted by Gasteiger charge is -2.36. The van der Waals surface area contributed by atoms with Crippen molar-refractivity contribution in [3.05, 3.63) is 42.2 Å². The first-order chi connectivity index (χ1) is 16.7. The molecule has 9 nitrogen and oxygen atoms in total. The number of ether oxygens (including phenoxy) is 1. The molecular weight excluding hydrogens is 466 g/mol. The molecule has 3 saturated heterocycles. The highest BCUT2D eigenvalue weighted by molar-refractivity contribution is 7.89. The lowest BCUT2D eigenvalue weighted by Crippen LogP contribution is -2.47. The molecule has 190 valence electrons. The number of hydrogen-bond donors (Lipinski definition) is 0. The average molecular weight is 502 g/mol. The van der Waals surface area contributed by atoms with Crippen LogP contribution in [0.2, 0.25) is 0 Å². The normalized spacial score (nSPS) is 23.7. The fraction of sp³-hybridized carbons (Fsp3) is 0.600. The average Bonchev–Trinajstić information content (AvgIpc) is 3.43. The van der Waals surface area contributed by atoms with Crippen molar-refractivity contribution in [1.29, 1.82) is 0 Å². The van der Waals surface area contributed by atoms with Gasteiger partial charge in [-0.3, -0.25) is 14.4 Å². The van der Waals surface area contributed by atoms with Crippen molar-refractivity contribution in [3.63, 3.8) is 0 Å². The Balaban J connectivity index is 1.10. The summed E-state index contributed by atoms with van der Waals surface area (Å²) in [4.78, 5) is 17.9. The molecule has 0 unspecified atom stereocenters. The molecule has 1 atom stereocenters. The Labute approximate surface area is 207 Å². The summed E-state index contributed by atoms with van der Waals surface area (Å²) in [5.41, 5.74) is 2.01. The van der Waals surface area contributed by atoms with Crippen LogP contribution in [-0.2, 0) is 26.6 Å². The standard InChI is InChI=1S/C25H35N5O4S/c1-20-3-5-21(6-4-20)29-15-13-28(14-16-29)10-7-22-17-25(24(31)34-22)8-11-30(12-9-25)35(32,33)23-18-26-27(2)19-23/h3-6,18-19,22H,7-17H2,1-2H3/t22-/m0/s1. The van der Waals surface area contributed by atoms with E-state index in [2.05, 4.69) is 46.1 Å². The number of aromatic nitrogens is 2. The molecule has 1 spiro atoms. The minimum atomic E-state index is -3.58. The molecule has 5 rings (SSSR count). The summed E-state index contributed by atoms with van der Waals surface area (Å²) in [5, 5.41) is 3.98. The number of esters is 1. The monoisotopic (exact) mass is 501 g/mol. The maximum Gasteiger partial charge on any atom is 0.312 e. The van der Waals surface area contributed by atoms with E-state index >= 15 is 0 Å². The van der Waals surface area contributed by atoms with Crippen LogP contribution in [0.15, 0.2) is 41.6 Å². The summed E-state index contributed by atoms with van der Waals surface area (Å²) < 4.78 is 34.6. The van der Waals surface area contributed by atoms with Crippen molar-refractivity contribution in [1.82, 2.24) is 19.0 Å². The number of benzene rings is 1. The second-order valence-electron chi connectivity index (χ2n) is 10.2. The summed E-state index contributed by atoms with van der Waals surface area (Å²) >= 11 is 0. The summed E-state index contributed by atoms with van der Waals surface area (Å²) in [7, 11) is -1.89. The van der Waals surface area contributed by atoms with Gasteiger partial charge in [-0.25, -0.2) is 8.42 Å². The highest BCUT2D eigenvalue weighted by Crippen LogP contribution is 2.44. The molecule has 10 heteroatoms. The van der Waals surface area contributed by atoms with E-state index in [1.165, 1.54) is 32.6 Å². The number of cyclic esters (lactones) is 1. The highest BCUT2D eigenvalue weighted by atomic mass is 32.2. The smallest absolute Gasteiger partial charge is 0.312 e. The summed E-state index contributed by atoms with van der Waals surface area (Å²) in [6.07, 6.45) is 5.35. The number of hydrogen-bond acceptors (Lipinski definition) is 7. The SMILES string of the molecule is Cc1ccc(N2CCN(CC[C@H]3CC4(CCN(S(=O)(=O)c5cnn(C)c5)CC4)C(=O)O3)CC2)cc1. The van der Waals surface area contributed by atoms with Crippen molar-refractivity contribution in [2.45, 2.75) is 43.6 Å². The third-order valence-corrected chi connectivity index (χ3v) is 9.71. The van der Waals surface area contributed by atoms with Crippen molar-refractivity contribution in [3.8, 4) is 0 Å². The molecule has 1 aromatic carbocycles. The van der Waals surface area contributed by atoms with E-state index in [4.69, 9.17) is 4.74 Å². The van der Waals surface area contributed by atoms with E-state index in [-0.39, 0.29) is 17.0 Å². The third-order valence-electron chi connectivity index (χ3n) is 7.86. The number of carbonyl (C=O) groups excluding carboxylic acids is 1. The van der Waals surface area contributed by atoms with E-state index < -0.39 is 15.4 Å². The van der Waals surface area contributed by atoms with Crippen molar-refractivity contribution >= 4 is 21.7 Å². The van der Waals surface area contributed by atoms with Gasteiger partial charge in [-0.1, -0.05) is 17.7 Å². The molecule has 0 amide bonds. The van der Waals surface area contributed by atoms with E-state index in [0.29, 0.717) is 32.4 Å². The van der Waals surface area contributed by atoms with Gasteiger partial charge in [-0.05, 0) is 38.3 Å². The molecule has 1 aromatic heterocycles. The fourth-order valence-electron chi connectivity index (χ4n) is 5.55. The van der Waals surface area contributed by atoms with Gasteiger partial charge in [-0.15, -0.1) is 0 Å². The second kappa shape index (κ2) is 9.55. The predicted molar refractivity (Wildman–Crippen MR) is 133 cm³/mol. The zero-order chi connectivity index (χ0) is 24.6. The Kier molecular flexibility index (Phi) is 6.63. The van der Waals surface area contributed by atoms with Gasteiger partial charge >= 0.3 is 5.97 Å². The fourth-order valence-corrected chi connectivity index (χ4v) is 6.98. The van der Waals surface area contributed by atoms with Crippen LogP contribution in [0.4, 0.5) is 5.69 Å². The Hall–Kier alpha value is -2.43. The van der Waals surface area contributed by atoms with Gasteiger partial charge in [-0.2, -0.15) is 9.40 Å². The molecule has 35 heavy (non-hydrogen) atoms. The van der Waals surface area contributed by atoms with Crippen LogP contribution in [0.3, 0.4) is 0 Å². The maximum atomic E-state index is 12.9. The quantitative estimate of drug-likeness (QED) is 0.560. The van der Waals surface area contributed by atoms with Crippen LogP contribution >= 0.6 is 0 Å². The van der Waals surface area contributed by atoms with Crippen molar-refractivity contribution < 1.29 is 17.9 Å². The zero-order valence-electron chi connectivity index (χ0n) is 20.6. The minimum Gasteiger partial charge on any atom is -0.462 e. The highest BCUT2D eigenvalue weighted by Gasteiger charge is 2.51. The molecule has 3 fully saturated rings. The maximum absolute atomic E-state index is 12.9. The second-order valence-corrected chi connectivity index (χ2v) is 12.2. The number of sulfonamides is 1. The molecule has 0 radical (unpaired) electrons. The van der Waals surface area contributed by atoms with Gasteiger partial charge in [0.1, 0.15) is 11.0 Å². The molecule has 3 aliphatic rings. The van der Waals surface area contributed by atoms with E-state index in [1.807, 2.05) is 0 Å². The number of aryl methyl sites for hydroxylation is 2. The molecule has 0 bridgehead atoms. The first-order valence-electron chi connectivity index (χ1n) is 12.5. The van der Waals surface area contributed by atoms with Gasteiger partial charge < -0.3 is 9.64 Å². The molecular formula is C25H35N5O4S. The minimum absolute atomic E-state index is 0.0842. The molecule has 4 heterocycles. The Morgan fingerprint density at radius 2 is 1.74 bits per heavy atom. The third kappa shape index (κ3) is 4.96. The Bertz CT molecular complexity index is 1150. The molecule has 3 aliphatic heterocycles. The zero-order valence-corrected chi connectivity index (χ0v) is 21.4. The molecule has 0 saturated carbocycles. The predicted octanol–water partition coefficient (Wildman–Crippen LogP) is 2.03. The van der Waals surface area contributed by atoms with Gasteiger partial charge in [0.15, 0.2) is 0 Å². The summed E-state index contributed by atoms with van der Waals surface area (Å²) in [6, 6.07) is 8.70. The molecule has 2 aromatic rings. The summed E-state index contributed by atoms with van der Waals surface area (Å²) in [5.74, 6) is -0.148. The topological polar surface area (TPSA) is 88.0 Å². The first-order valence-corrected chi connectivity index (χ1v) is 13.9. The summed E-state index contributed by atoms with van der Waals surface area (Å²) in [6.45, 7) is 7.69. The lowest BCUT2D eigenvalue weighted by molar-refractivity contribution is -0.150. The number of piperazine rings is 1. The van der Waals surface area contributed by atoms with Crippen LogP contribution in [-0.4, -0.2) is 85.3 Å². The first kappa shape index (κ1) is 24.3. The van der Waals surface area contributed by atoms with Gasteiger partial charge in [0.2, 0.25) is 10.0 Å². The lowest BCUT2D eigenvalue weighted by atomic mass is 9.76. The number of nitrogens with zero attached hydrogens (tertiary/aromatic N) is 5. The largest absolute Gasteiger partial charge is 0.462 e. The number of carbonyl (C=O) groups is 1. The van der Waals surface area contributed by atoms with Crippen molar-refractivity contribution in [2.24, 2.45) is 12.5 Å². The van der Waals surface area contributed by atoms with Crippen LogP contribution in [0.1, 0.15) is 31.2 Å². The van der Waals surface area contributed by atoms with Gasteiger partial charge in [0, 0.05) is 71.2 Å². The number of piperidine rings is 1. The molecule has 0 N–H and O–H groups in total. The van der Waals surface area contributed by atoms with E-state index in [9.17, 15) is 13.2 Å². The van der Waals surface area contributed by atoms with Crippen LogP contribution in [0, 0.1) is 12.3 Å². The van der Waals surface area contributed by atoms with Gasteiger partial charge in [0.25, 0.3) is 0 Å². The number of rotatable bonds is 6. The Morgan fingerprint density at radius 1 is 1.06 bits per heavy atom. The molecule has 0 aliphatic carbocycles. The van der Waals surface area contributed by atoms with Gasteiger partial charge in [0.05, 0.1) is 11.6 Å². The van der Waals surface area contributed by atoms with E-state index in [0.717, 1.165) is 39.1 Å². The van der Waals surface area contributed by atoms with Crippen LogP contribution in [0.25, 0.3) is 0 Å². The van der Waals surface area contributed by atoms with E-state index in [1.54, 1.807) is 7.05 Å². The van der Waals surface area contributed by atoms with Crippen molar-refractivity contribution in [2.75, 3.05) is 50.7 Å². The Morgan fingerprint density at radius 3 is 2.37 bits per heavy atom. The van der Waals surface area contributed by atoms with Crippen LogP contribution < -0.4 is 4.90 Å². The van der Waals surface area contributed by atoms with Crippen LogP contribution in [0.5, 0.6) is 0 Å². The number of anilines is 1.